The summed E-state index contributed by atoms with van der Waals surface area (Å²) in [6.07, 6.45) is 58.3. The molecule has 0 heterocycles. The number of rotatable bonds is 57. The number of carbonyl (C=O) groups excluding carboxylic acids is 1. The fourth-order valence-electron chi connectivity index (χ4n) is 8.89. The lowest BCUT2D eigenvalue weighted by Gasteiger charge is -2.20. The zero-order valence-electron chi connectivity index (χ0n) is 44.0. The third-order valence-corrected chi connectivity index (χ3v) is 14.2. The second-order valence-electron chi connectivity index (χ2n) is 20.0. The minimum atomic E-state index is -4.51. The van der Waals surface area contributed by atoms with Crippen molar-refractivity contribution in [1.82, 2.24) is 0 Å². The van der Waals surface area contributed by atoms with Crippen molar-refractivity contribution in [3.8, 4) is 0 Å². The highest BCUT2D eigenvalue weighted by atomic mass is 31.2. The summed E-state index contributed by atoms with van der Waals surface area (Å²) in [5.41, 5.74) is 0. The van der Waals surface area contributed by atoms with Crippen LogP contribution in [0.4, 0.5) is 0 Å². The first-order valence-corrected chi connectivity index (χ1v) is 30.5. The summed E-state index contributed by atoms with van der Waals surface area (Å²) < 4.78 is 33.5. The molecule has 0 amide bonds. The lowest BCUT2D eigenvalue weighted by atomic mass is 10.0. The highest BCUT2D eigenvalue weighted by molar-refractivity contribution is 7.47. The second kappa shape index (κ2) is 53.8. The van der Waals surface area contributed by atoms with E-state index in [2.05, 4.69) is 13.8 Å². The van der Waals surface area contributed by atoms with E-state index in [4.69, 9.17) is 23.6 Å². The quantitative estimate of drug-likeness (QED) is 0.0310. The van der Waals surface area contributed by atoms with Gasteiger partial charge >= 0.3 is 13.8 Å². The molecule has 0 aliphatic rings. The van der Waals surface area contributed by atoms with Gasteiger partial charge in [-0.05, 0) is 12.8 Å². The van der Waals surface area contributed by atoms with Crippen molar-refractivity contribution in [1.29, 1.82) is 0 Å². The number of carbonyl (C=O) groups is 1. The van der Waals surface area contributed by atoms with Gasteiger partial charge < -0.3 is 24.6 Å². The SMILES string of the molecule is CCCCCCCCCCCCCCCCCCCCCCCCCCCCCCCCCCCC(=O)O[C@H](COCCCCCCCCCCCCCC)COP(=O)(O)OC[C@@H](O)CO. The Balaban J connectivity index is 3.77. The fraction of sp³-hybridized carbons (Fsp3) is 0.982. The molecule has 0 aromatic rings. The molecule has 3 N–H and O–H groups in total. The van der Waals surface area contributed by atoms with Crippen LogP contribution in [0, 0.1) is 0 Å². The van der Waals surface area contributed by atoms with Crippen LogP contribution in [0.5, 0.6) is 0 Å². The minimum Gasteiger partial charge on any atom is -0.457 e. The Hall–Kier alpha value is -0.540. The van der Waals surface area contributed by atoms with Crippen LogP contribution in [0.25, 0.3) is 0 Å². The first-order valence-electron chi connectivity index (χ1n) is 29.0. The Bertz CT molecular complexity index is 1000. The summed E-state index contributed by atoms with van der Waals surface area (Å²) in [6.45, 7) is 3.60. The number of ether oxygens (including phenoxy) is 2. The summed E-state index contributed by atoms with van der Waals surface area (Å²) in [5, 5.41) is 18.4. The monoisotopic (exact) mass is 961 g/mol. The molecule has 0 fully saturated rings. The molecule has 9 nitrogen and oxygen atoms in total. The van der Waals surface area contributed by atoms with Crippen molar-refractivity contribution in [3.63, 3.8) is 0 Å². The van der Waals surface area contributed by atoms with E-state index in [-0.39, 0.29) is 25.6 Å². The topological polar surface area (TPSA) is 132 Å². The maximum absolute atomic E-state index is 12.7. The van der Waals surface area contributed by atoms with Gasteiger partial charge in [0.2, 0.25) is 0 Å². The second-order valence-corrected chi connectivity index (χ2v) is 21.5. The maximum Gasteiger partial charge on any atom is 0.472 e. The molecule has 0 aliphatic carbocycles. The van der Waals surface area contributed by atoms with Crippen molar-refractivity contribution < 1.29 is 43.0 Å². The predicted molar refractivity (Wildman–Crippen MR) is 279 cm³/mol. The summed E-state index contributed by atoms with van der Waals surface area (Å²) in [6, 6.07) is 0. The van der Waals surface area contributed by atoms with Crippen LogP contribution in [-0.4, -0.2) is 66.3 Å². The summed E-state index contributed by atoms with van der Waals surface area (Å²) in [7, 11) is -4.51. The summed E-state index contributed by atoms with van der Waals surface area (Å²) >= 11 is 0. The van der Waals surface area contributed by atoms with Crippen LogP contribution in [0.2, 0.25) is 0 Å². The Morgan fingerprint density at radius 1 is 0.409 bits per heavy atom. The number of aliphatic hydroxyl groups excluding tert-OH is 2. The van der Waals surface area contributed by atoms with Gasteiger partial charge in [0, 0.05) is 13.0 Å². The normalized spacial score (nSPS) is 13.6. The third kappa shape index (κ3) is 52.8. The average molecular weight is 961 g/mol. The number of hydrogen-bond acceptors (Lipinski definition) is 8. The van der Waals surface area contributed by atoms with Crippen molar-refractivity contribution in [2.75, 3.05) is 33.0 Å². The molecule has 0 aliphatic heterocycles. The molecule has 0 aromatic heterocycles. The molecule has 66 heavy (non-hydrogen) atoms. The Labute approximate surface area is 409 Å². The Morgan fingerprint density at radius 2 is 0.682 bits per heavy atom. The van der Waals surface area contributed by atoms with Gasteiger partial charge in [-0.15, -0.1) is 0 Å². The summed E-state index contributed by atoms with van der Waals surface area (Å²) in [5.74, 6) is -0.373. The fourth-order valence-corrected chi connectivity index (χ4v) is 9.68. The first-order chi connectivity index (χ1) is 32.3. The lowest BCUT2D eigenvalue weighted by molar-refractivity contribution is -0.154. The van der Waals surface area contributed by atoms with Crippen molar-refractivity contribution in [3.05, 3.63) is 0 Å². The van der Waals surface area contributed by atoms with Crippen LogP contribution < -0.4 is 0 Å². The van der Waals surface area contributed by atoms with E-state index in [9.17, 15) is 19.4 Å². The van der Waals surface area contributed by atoms with Gasteiger partial charge in [-0.1, -0.05) is 290 Å². The number of aliphatic hydroxyl groups is 2. The van der Waals surface area contributed by atoms with E-state index in [1.165, 1.54) is 257 Å². The molecule has 0 rings (SSSR count). The first kappa shape index (κ1) is 65.5. The largest absolute Gasteiger partial charge is 0.472 e. The molecular weight excluding hydrogens is 848 g/mol. The molecular formula is C56H113O9P. The van der Waals surface area contributed by atoms with Gasteiger partial charge in [0.05, 0.1) is 26.4 Å². The van der Waals surface area contributed by atoms with Crippen LogP contribution in [-0.2, 0) is 27.9 Å². The van der Waals surface area contributed by atoms with Gasteiger partial charge in [-0.25, -0.2) is 4.57 Å². The molecule has 10 heteroatoms. The molecule has 0 bridgehead atoms. The zero-order valence-corrected chi connectivity index (χ0v) is 44.8. The molecule has 396 valence electrons. The summed E-state index contributed by atoms with van der Waals surface area (Å²) in [4.78, 5) is 22.7. The number of unbranched alkanes of at least 4 members (excludes halogenated alkanes) is 43. The zero-order chi connectivity index (χ0) is 48.1. The van der Waals surface area contributed by atoms with E-state index in [1.54, 1.807) is 0 Å². The predicted octanol–water partition coefficient (Wildman–Crippen LogP) is 17.4. The standard InChI is InChI=1S/C56H113O9P/c1-3-5-7-9-11-13-15-17-18-19-20-21-22-23-24-25-26-27-28-29-30-31-32-33-34-35-36-37-38-40-42-44-46-48-56(59)65-55(53-64-66(60,61)63-51-54(58)50-57)52-62-49-47-45-43-41-39-16-14-12-10-8-6-4-2/h54-55,57-58H,3-53H2,1-2H3,(H,60,61)/t54-,55+/m0/s1. The van der Waals surface area contributed by atoms with Gasteiger partial charge in [0.15, 0.2) is 0 Å². The average Bonchev–Trinajstić information content (AvgIpc) is 3.31. The number of hydrogen-bond donors (Lipinski definition) is 3. The molecule has 3 atom stereocenters. The molecule has 0 radical (unpaired) electrons. The number of phosphoric acid groups is 1. The van der Waals surface area contributed by atoms with Gasteiger partial charge in [-0.2, -0.15) is 0 Å². The maximum atomic E-state index is 12.7. The van der Waals surface area contributed by atoms with Crippen molar-refractivity contribution in [2.24, 2.45) is 0 Å². The van der Waals surface area contributed by atoms with E-state index in [0.29, 0.717) is 6.61 Å². The van der Waals surface area contributed by atoms with Crippen molar-refractivity contribution in [2.45, 2.75) is 321 Å². The molecule has 0 saturated heterocycles. The van der Waals surface area contributed by atoms with E-state index in [1.807, 2.05) is 0 Å². The molecule has 1 unspecified atom stereocenters. The van der Waals surface area contributed by atoms with Gasteiger partial charge in [0.1, 0.15) is 12.2 Å². The van der Waals surface area contributed by atoms with E-state index < -0.39 is 33.2 Å². The molecule has 0 spiro atoms. The smallest absolute Gasteiger partial charge is 0.457 e. The van der Waals surface area contributed by atoms with Crippen LogP contribution in [0.3, 0.4) is 0 Å². The molecule has 0 aromatic carbocycles. The highest BCUT2D eigenvalue weighted by Gasteiger charge is 2.26. The van der Waals surface area contributed by atoms with Crippen LogP contribution >= 0.6 is 7.82 Å². The number of phosphoric ester groups is 1. The minimum absolute atomic E-state index is 0.0582. The Morgan fingerprint density at radius 3 is 0.985 bits per heavy atom. The third-order valence-electron chi connectivity index (χ3n) is 13.3. The van der Waals surface area contributed by atoms with E-state index in [0.717, 1.165) is 32.1 Å². The van der Waals surface area contributed by atoms with E-state index >= 15 is 0 Å². The molecule has 0 saturated carbocycles. The van der Waals surface area contributed by atoms with Gasteiger partial charge in [0.25, 0.3) is 0 Å². The highest BCUT2D eigenvalue weighted by Crippen LogP contribution is 2.43. The van der Waals surface area contributed by atoms with Crippen molar-refractivity contribution >= 4 is 13.8 Å². The Kier molecular flexibility index (Phi) is 53.4. The van der Waals surface area contributed by atoms with Crippen LogP contribution in [0.1, 0.15) is 309 Å². The number of esters is 1. The van der Waals surface area contributed by atoms with Gasteiger partial charge in [-0.3, -0.25) is 13.8 Å². The lowest BCUT2D eigenvalue weighted by Crippen LogP contribution is -2.29. The van der Waals surface area contributed by atoms with Crippen LogP contribution in [0.15, 0.2) is 0 Å².